The summed E-state index contributed by atoms with van der Waals surface area (Å²) in [6, 6.07) is 10.5. The minimum Gasteiger partial charge on any atom is -0.324 e. The molecule has 26 heavy (non-hydrogen) atoms. The van der Waals surface area contributed by atoms with E-state index in [2.05, 4.69) is 5.32 Å². The van der Waals surface area contributed by atoms with Gasteiger partial charge in [-0.15, -0.1) is 0 Å². The van der Waals surface area contributed by atoms with Gasteiger partial charge in [0.15, 0.2) is 0 Å². The molecule has 136 valence electrons. The quantitative estimate of drug-likeness (QED) is 0.888. The summed E-state index contributed by atoms with van der Waals surface area (Å²) >= 11 is 0. The molecular weight excluding hydrogens is 359 g/mol. The summed E-state index contributed by atoms with van der Waals surface area (Å²) in [5, 5.41) is 2.49. The van der Waals surface area contributed by atoms with E-state index in [9.17, 15) is 22.4 Å². The van der Waals surface area contributed by atoms with E-state index in [1.807, 2.05) is 0 Å². The lowest BCUT2D eigenvalue weighted by Gasteiger charge is -2.23. The van der Waals surface area contributed by atoms with E-state index in [-0.39, 0.29) is 23.4 Å². The van der Waals surface area contributed by atoms with Crippen molar-refractivity contribution in [1.29, 1.82) is 0 Å². The summed E-state index contributed by atoms with van der Waals surface area (Å²) < 4.78 is 39.8. The Balaban J connectivity index is 1.87. The fraction of sp³-hybridized carbons (Fsp3) is 0.222. The Morgan fingerprint density at radius 1 is 1.19 bits per heavy atom. The molecule has 6 nitrogen and oxygen atoms in total. The largest absolute Gasteiger partial charge is 0.324 e. The Bertz CT molecular complexity index is 960. The second-order valence-electron chi connectivity index (χ2n) is 6.02. The van der Waals surface area contributed by atoms with Crippen molar-refractivity contribution in [2.75, 3.05) is 5.32 Å². The van der Waals surface area contributed by atoms with Crippen LogP contribution < -0.4 is 5.32 Å². The van der Waals surface area contributed by atoms with Gasteiger partial charge in [-0.25, -0.2) is 17.1 Å². The van der Waals surface area contributed by atoms with Crippen molar-refractivity contribution in [3.8, 4) is 0 Å². The van der Waals surface area contributed by atoms with E-state index in [4.69, 9.17) is 0 Å². The molecule has 2 aromatic rings. The fourth-order valence-electron chi connectivity index (χ4n) is 2.80. The Labute approximate surface area is 150 Å². The summed E-state index contributed by atoms with van der Waals surface area (Å²) in [6.07, 6.45) is 0.0253. The van der Waals surface area contributed by atoms with Crippen LogP contribution in [0.5, 0.6) is 0 Å². The third-order valence-corrected chi connectivity index (χ3v) is 6.05. The van der Waals surface area contributed by atoms with Crippen molar-refractivity contribution in [2.45, 2.75) is 30.7 Å². The average Bonchev–Trinajstić information content (AvgIpc) is 3.01. The molecule has 2 aromatic carbocycles. The molecule has 0 saturated carbocycles. The van der Waals surface area contributed by atoms with Crippen LogP contribution in [0.2, 0.25) is 0 Å². The summed E-state index contributed by atoms with van der Waals surface area (Å²) in [7, 11) is -4.14. The highest BCUT2D eigenvalue weighted by Crippen LogP contribution is 2.28. The first kappa shape index (κ1) is 18.1. The molecule has 1 N–H and O–H groups in total. The highest BCUT2D eigenvalue weighted by molar-refractivity contribution is 7.89. The van der Waals surface area contributed by atoms with Crippen LogP contribution in [0, 0.1) is 12.7 Å². The first-order chi connectivity index (χ1) is 12.3. The van der Waals surface area contributed by atoms with Gasteiger partial charge in [0.1, 0.15) is 11.9 Å². The molecule has 0 spiro atoms. The molecule has 0 unspecified atom stereocenters. The molecule has 8 heteroatoms. The standard InChI is InChI=1S/C18H17FN2O4S/c1-12-7-8-13(11-15(12)19)20-18(23)16-9-10-17(22)21(16)26(24,25)14-5-3-2-4-6-14/h2-8,11,16H,9-10H2,1H3,(H,20,23)/t16-/m1/s1. The zero-order valence-electron chi connectivity index (χ0n) is 14.0. The summed E-state index contributed by atoms with van der Waals surface area (Å²) in [5.41, 5.74) is 0.627. The Kier molecular flexibility index (Phi) is 4.78. The van der Waals surface area contributed by atoms with E-state index >= 15 is 0 Å². The molecule has 0 bridgehead atoms. The third kappa shape index (κ3) is 3.32. The molecule has 3 rings (SSSR count). The first-order valence-electron chi connectivity index (χ1n) is 8.00. The normalized spacial score (nSPS) is 17.4. The number of anilines is 1. The van der Waals surface area contributed by atoms with Crippen LogP contribution in [-0.2, 0) is 19.6 Å². The fourth-order valence-corrected chi connectivity index (χ4v) is 4.43. The van der Waals surface area contributed by atoms with Gasteiger partial charge in [0.05, 0.1) is 4.90 Å². The smallest absolute Gasteiger partial charge is 0.267 e. The van der Waals surface area contributed by atoms with Crippen LogP contribution in [-0.4, -0.2) is 30.6 Å². The molecule has 1 aliphatic rings. The lowest BCUT2D eigenvalue weighted by molar-refractivity contribution is -0.128. The maximum atomic E-state index is 13.6. The summed E-state index contributed by atoms with van der Waals surface area (Å²) in [5.74, 6) is -1.79. The Morgan fingerprint density at radius 2 is 1.88 bits per heavy atom. The van der Waals surface area contributed by atoms with Crippen molar-refractivity contribution in [2.24, 2.45) is 0 Å². The monoisotopic (exact) mass is 376 g/mol. The predicted octanol–water partition coefficient (Wildman–Crippen LogP) is 2.45. The van der Waals surface area contributed by atoms with E-state index in [0.717, 1.165) is 6.07 Å². The summed E-state index contributed by atoms with van der Waals surface area (Å²) in [6.45, 7) is 1.59. The van der Waals surface area contributed by atoms with Crippen LogP contribution in [0.1, 0.15) is 18.4 Å². The van der Waals surface area contributed by atoms with Gasteiger partial charge in [-0.1, -0.05) is 24.3 Å². The molecule has 1 fully saturated rings. The maximum Gasteiger partial charge on any atom is 0.267 e. The van der Waals surface area contributed by atoms with Crippen molar-refractivity contribution < 1.29 is 22.4 Å². The second-order valence-corrected chi connectivity index (χ2v) is 7.83. The molecule has 0 aliphatic carbocycles. The topological polar surface area (TPSA) is 83.6 Å². The number of aryl methyl sites for hydroxylation is 1. The van der Waals surface area contributed by atoms with Crippen LogP contribution in [0.4, 0.5) is 10.1 Å². The number of benzene rings is 2. The van der Waals surface area contributed by atoms with Gasteiger partial charge >= 0.3 is 0 Å². The number of hydrogen-bond donors (Lipinski definition) is 1. The van der Waals surface area contributed by atoms with Gasteiger partial charge in [0.2, 0.25) is 11.8 Å². The van der Waals surface area contributed by atoms with Crippen LogP contribution >= 0.6 is 0 Å². The van der Waals surface area contributed by atoms with Crippen molar-refractivity contribution in [3.05, 3.63) is 59.9 Å². The van der Waals surface area contributed by atoms with Gasteiger partial charge in [-0.05, 0) is 43.2 Å². The van der Waals surface area contributed by atoms with E-state index in [1.54, 1.807) is 13.0 Å². The van der Waals surface area contributed by atoms with Gasteiger partial charge in [0.25, 0.3) is 10.0 Å². The van der Waals surface area contributed by atoms with E-state index in [0.29, 0.717) is 9.87 Å². The average molecular weight is 376 g/mol. The number of rotatable bonds is 4. The SMILES string of the molecule is Cc1ccc(NC(=O)[C@H]2CCC(=O)N2S(=O)(=O)c2ccccc2)cc1F. The lowest BCUT2D eigenvalue weighted by Crippen LogP contribution is -2.45. The number of sulfonamides is 1. The molecule has 0 aromatic heterocycles. The molecule has 1 atom stereocenters. The lowest BCUT2D eigenvalue weighted by atomic mass is 10.2. The van der Waals surface area contributed by atoms with Crippen LogP contribution in [0.15, 0.2) is 53.4 Å². The molecule has 0 radical (unpaired) electrons. The van der Waals surface area contributed by atoms with Crippen molar-refractivity contribution >= 4 is 27.5 Å². The molecule has 1 heterocycles. The van der Waals surface area contributed by atoms with Crippen molar-refractivity contribution in [1.82, 2.24) is 4.31 Å². The van der Waals surface area contributed by atoms with Crippen molar-refractivity contribution in [3.63, 3.8) is 0 Å². The predicted molar refractivity (Wildman–Crippen MR) is 93.3 cm³/mol. The zero-order valence-corrected chi connectivity index (χ0v) is 14.8. The van der Waals surface area contributed by atoms with Gasteiger partial charge in [-0.2, -0.15) is 0 Å². The minimum absolute atomic E-state index is 0.0492. The van der Waals surface area contributed by atoms with Crippen LogP contribution in [0.3, 0.4) is 0 Å². The maximum absolute atomic E-state index is 13.6. The van der Waals surface area contributed by atoms with Gasteiger partial charge in [0, 0.05) is 12.1 Å². The third-order valence-electron chi connectivity index (χ3n) is 4.20. The number of amides is 2. The number of carbonyl (C=O) groups excluding carboxylic acids is 2. The summed E-state index contributed by atoms with van der Waals surface area (Å²) in [4.78, 5) is 24.7. The molecule has 2 amide bonds. The van der Waals surface area contributed by atoms with Gasteiger partial charge < -0.3 is 5.32 Å². The van der Waals surface area contributed by atoms with Crippen LogP contribution in [0.25, 0.3) is 0 Å². The first-order valence-corrected chi connectivity index (χ1v) is 9.44. The number of hydrogen-bond acceptors (Lipinski definition) is 4. The number of nitrogens with zero attached hydrogens (tertiary/aromatic N) is 1. The van der Waals surface area contributed by atoms with E-state index in [1.165, 1.54) is 36.4 Å². The Hall–Kier alpha value is -2.74. The number of carbonyl (C=O) groups is 2. The minimum atomic E-state index is -4.14. The molecule has 1 aliphatic heterocycles. The number of nitrogens with one attached hydrogen (secondary N) is 1. The zero-order chi connectivity index (χ0) is 18.9. The number of halogens is 1. The highest BCUT2D eigenvalue weighted by atomic mass is 32.2. The van der Waals surface area contributed by atoms with E-state index < -0.39 is 33.7 Å². The van der Waals surface area contributed by atoms with Gasteiger partial charge in [-0.3, -0.25) is 9.59 Å². The molecule has 1 saturated heterocycles. The molecular formula is C18H17FN2O4S. The Morgan fingerprint density at radius 3 is 2.54 bits per heavy atom. The highest BCUT2D eigenvalue weighted by Gasteiger charge is 2.44. The second kappa shape index (κ2) is 6.87.